The van der Waals surface area contributed by atoms with E-state index in [4.69, 9.17) is 22.1 Å². The van der Waals surface area contributed by atoms with Gasteiger partial charge >= 0.3 is 17.1 Å². The van der Waals surface area contributed by atoms with Gasteiger partial charge in [-0.3, -0.25) is 24.7 Å². The van der Waals surface area contributed by atoms with Gasteiger partial charge in [0, 0.05) is 25.5 Å². The fourth-order valence-electron chi connectivity index (χ4n) is 1.78. The second-order valence-corrected chi connectivity index (χ2v) is 4.24. The average Bonchev–Trinajstić information content (AvgIpc) is 2.58. The van der Waals surface area contributed by atoms with Crippen LogP contribution >= 0.6 is 0 Å². The molecule has 0 N–H and O–H groups in total. The van der Waals surface area contributed by atoms with Crippen molar-refractivity contribution in [1.82, 2.24) is 14.9 Å². The summed E-state index contributed by atoms with van der Waals surface area (Å²) in [5.41, 5.74) is 28.9. The van der Waals surface area contributed by atoms with E-state index in [1.54, 1.807) is 12.4 Å². The second kappa shape index (κ2) is 17.7. The van der Waals surface area contributed by atoms with E-state index in [9.17, 15) is 5.11 Å². The number of pyridine rings is 2. The Hall–Kier alpha value is -2.64. The minimum atomic E-state index is -0.111. The Morgan fingerprint density at radius 3 is 1.52 bits per heavy atom. The van der Waals surface area contributed by atoms with E-state index < -0.39 is 0 Å². The van der Waals surface area contributed by atoms with Crippen LogP contribution in [-0.4, -0.2) is 28.0 Å². The first-order valence-corrected chi connectivity index (χ1v) is 6.79. The summed E-state index contributed by atoms with van der Waals surface area (Å²) in [6.07, 6.45) is 3.54. The molecule has 2 heterocycles. The van der Waals surface area contributed by atoms with Crippen LogP contribution in [0.4, 0.5) is 0 Å². The standard InChI is InChI=1S/C14H16N3O.Mn.2N3/c18-10-9-17(11-13-5-1-3-7-15-13)12-14-6-2-4-8-16-14;;2*1-3-2/h1-8H,9-12H2;;;/q-1;+3;2*-1. The van der Waals surface area contributed by atoms with Crippen molar-refractivity contribution in [3.8, 4) is 0 Å². The van der Waals surface area contributed by atoms with Crippen LogP contribution in [0.3, 0.4) is 0 Å². The van der Waals surface area contributed by atoms with Gasteiger partial charge in [-0.15, -0.1) is 6.61 Å². The van der Waals surface area contributed by atoms with Crippen molar-refractivity contribution in [3.63, 3.8) is 0 Å². The predicted octanol–water partition coefficient (Wildman–Crippen LogP) is 2.57. The van der Waals surface area contributed by atoms with Gasteiger partial charge in [0.25, 0.3) is 0 Å². The van der Waals surface area contributed by atoms with Crippen molar-refractivity contribution in [2.45, 2.75) is 13.1 Å². The molecule has 10 nitrogen and oxygen atoms in total. The fraction of sp³-hybridized carbons (Fsp3) is 0.286. The zero-order valence-corrected chi connectivity index (χ0v) is 14.4. The largest absolute Gasteiger partial charge is 3.00 e. The summed E-state index contributed by atoms with van der Waals surface area (Å²) < 4.78 is 0. The van der Waals surface area contributed by atoms with Gasteiger partial charge < -0.3 is 27.2 Å². The van der Waals surface area contributed by atoms with Crippen molar-refractivity contribution in [2.24, 2.45) is 0 Å². The van der Waals surface area contributed by atoms with Crippen LogP contribution in [0.5, 0.6) is 0 Å². The molecule has 0 radical (unpaired) electrons. The fourth-order valence-corrected chi connectivity index (χ4v) is 1.78. The molecule has 130 valence electrons. The number of nitrogens with zero attached hydrogens (tertiary/aromatic N) is 9. The number of hydrogen-bond donors (Lipinski definition) is 0. The average molecular weight is 381 g/mol. The van der Waals surface area contributed by atoms with Crippen LogP contribution in [0.2, 0.25) is 0 Å². The van der Waals surface area contributed by atoms with Gasteiger partial charge in [0.05, 0.1) is 11.4 Å². The van der Waals surface area contributed by atoms with Crippen molar-refractivity contribution in [3.05, 3.63) is 92.1 Å². The second-order valence-electron chi connectivity index (χ2n) is 4.24. The van der Waals surface area contributed by atoms with Crippen LogP contribution < -0.4 is 5.11 Å². The molecular formula is C14H16MnN9O. The summed E-state index contributed by atoms with van der Waals surface area (Å²) in [4.78, 5) is 13.6. The molecule has 0 saturated heterocycles. The zero-order valence-electron chi connectivity index (χ0n) is 13.3. The van der Waals surface area contributed by atoms with Gasteiger partial charge in [-0.1, -0.05) is 12.1 Å². The van der Waals surface area contributed by atoms with Crippen LogP contribution in [-0.2, 0) is 30.2 Å². The first-order valence-electron chi connectivity index (χ1n) is 6.79. The molecule has 0 fully saturated rings. The third kappa shape index (κ3) is 13.5. The molecule has 0 spiro atoms. The van der Waals surface area contributed by atoms with Gasteiger partial charge in [0.15, 0.2) is 0 Å². The number of hydrogen-bond acceptors (Lipinski definition) is 4. The Balaban J connectivity index is 0. The van der Waals surface area contributed by atoms with Crippen LogP contribution in [0.15, 0.2) is 48.8 Å². The number of rotatable bonds is 6. The first-order chi connectivity index (χ1) is 11.7. The predicted molar refractivity (Wildman–Crippen MR) is 87.6 cm³/mol. The van der Waals surface area contributed by atoms with Gasteiger partial charge in [-0.25, -0.2) is 0 Å². The van der Waals surface area contributed by atoms with E-state index in [0.29, 0.717) is 19.6 Å². The van der Waals surface area contributed by atoms with Crippen molar-refractivity contribution in [1.29, 1.82) is 0 Å². The van der Waals surface area contributed by atoms with Gasteiger partial charge in [-0.05, 0) is 30.8 Å². The molecule has 0 amide bonds. The zero-order chi connectivity index (χ0) is 18.0. The Labute approximate surface area is 155 Å². The van der Waals surface area contributed by atoms with E-state index in [2.05, 4.69) is 14.9 Å². The summed E-state index contributed by atoms with van der Waals surface area (Å²) in [6.45, 7) is 1.76. The maximum Gasteiger partial charge on any atom is 3.00 e. The Morgan fingerprint density at radius 1 is 0.840 bits per heavy atom. The van der Waals surface area contributed by atoms with E-state index in [0.717, 1.165) is 11.4 Å². The van der Waals surface area contributed by atoms with E-state index in [1.807, 2.05) is 36.4 Å². The molecule has 0 aliphatic carbocycles. The van der Waals surface area contributed by atoms with E-state index >= 15 is 0 Å². The van der Waals surface area contributed by atoms with Gasteiger partial charge in [0.2, 0.25) is 0 Å². The summed E-state index contributed by atoms with van der Waals surface area (Å²) in [5, 5.41) is 10.8. The van der Waals surface area contributed by atoms with Crippen molar-refractivity contribution < 1.29 is 22.2 Å². The van der Waals surface area contributed by atoms with Crippen molar-refractivity contribution in [2.75, 3.05) is 13.2 Å². The Morgan fingerprint density at radius 2 is 1.24 bits per heavy atom. The Bertz CT molecular complexity index is 561. The summed E-state index contributed by atoms with van der Waals surface area (Å²) >= 11 is 0. The maximum absolute atomic E-state index is 10.8. The molecule has 0 aromatic carbocycles. The smallest absolute Gasteiger partial charge is 0.854 e. The first kappa shape index (κ1) is 24.6. The molecule has 0 bridgehead atoms. The summed E-state index contributed by atoms with van der Waals surface area (Å²) in [7, 11) is 0. The molecule has 0 aliphatic heterocycles. The topological polar surface area (TPSA) is 169 Å². The minimum Gasteiger partial charge on any atom is -0.854 e. The minimum absolute atomic E-state index is 0. The van der Waals surface area contributed by atoms with Gasteiger partial charge in [-0.2, -0.15) is 0 Å². The molecule has 0 atom stereocenters. The van der Waals surface area contributed by atoms with Crippen LogP contribution in [0.25, 0.3) is 31.9 Å². The molecule has 0 saturated carbocycles. The van der Waals surface area contributed by atoms with Crippen molar-refractivity contribution >= 4 is 0 Å². The SMILES string of the molecule is [Mn+3].[N-]=[N+]=[N-].[N-]=[N+]=[N-].[O-]CCN(Cc1ccccn1)Cc1ccccn1. The summed E-state index contributed by atoms with van der Waals surface area (Å²) in [5.74, 6) is 0. The molecule has 11 heteroatoms. The van der Waals surface area contributed by atoms with Crippen LogP contribution in [0.1, 0.15) is 11.4 Å². The molecule has 2 rings (SSSR count). The van der Waals surface area contributed by atoms with E-state index in [1.165, 1.54) is 9.82 Å². The van der Waals surface area contributed by atoms with E-state index in [-0.39, 0.29) is 23.7 Å². The molecule has 2 aromatic rings. The maximum atomic E-state index is 10.8. The van der Waals surface area contributed by atoms with Gasteiger partial charge in [0.1, 0.15) is 0 Å². The molecule has 25 heavy (non-hydrogen) atoms. The molecule has 0 aliphatic rings. The molecule has 0 unspecified atom stereocenters. The third-order valence-electron chi connectivity index (χ3n) is 2.63. The molecular weight excluding hydrogens is 365 g/mol. The monoisotopic (exact) mass is 381 g/mol. The molecule has 2 aromatic heterocycles. The quantitative estimate of drug-likeness (QED) is 0.324. The van der Waals surface area contributed by atoms with Crippen LogP contribution in [0, 0.1) is 0 Å². The summed E-state index contributed by atoms with van der Waals surface area (Å²) in [6, 6.07) is 11.6. The Kier molecular flexibility index (Phi) is 17.4. The third-order valence-corrected chi connectivity index (χ3v) is 2.63. The normalized spacial score (nSPS) is 8.40. The number of aromatic nitrogens is 2.